The van der Waals surface area contributed by atoms with Gasteiger partial charge in [0.05, 0.1) is 0 Å². The van der Waals surface area contributed by atoms with E-state index < -0.39 is 0 Å². The van der Waals surface area contributed by atoms with Crippen LogP contribution in [0.5, 0.6) is 0 Å². The first-order valence-corrected chi connectivity index (χ1v) is 8.79. The van der Waals surface area contributed by atoms with E-state index in [1.807, 2.05) is 11.3 Å². The van der Waals surface area contributed by atoms with Gasteiger partial charge in [-0.2, -0.15) is 0 Å². The monoisotopic (exact) mass is 349 g/mol. The highest BCUT2D eigenvalue weighted by molar-refractivity contribution is 9.10. The van der Waals surface area contributed by atoms with Crippen LogP contribution >= 0.6 is 27.3 Å². The number of hydrogen-bond donors (Lipinski definition) is 1. The molecule has 1 aromatic heterocycles. The Hall–Kier alpha value is -0.640. The van der Waals surface area contributed by atoms with Crippen molar-refractivity contribution in [2.45, 2.75) is 32.1 Å². The minimum atomic E-state index is 0.588. The van der Waals surface area contributed by atoms with Crippen LogP contribution in [-0.4, -0.2) is 13.1 Å². The summed E-state index contributed by atoms with van der Waals surface area (Å²) in [6.07, 6.45) is 1.23. The van der Waals surface area contributed by atoms with Crippen LogP contribution in [0.1, 0.15) is 39.1 Å². The summed E-state index contributed by atoms with van der Waals surface area (Å²) >= 11 is 5.47. The van der Waals surface area contributed by atoms with Crippen molar-refractivity contribution >= 4 is 27.3 Å². The van der Waals surface area contributed by atoms with Crippen molar-refractivity contribution in [3.8, 4) is 0 Å². The molecular weight excluding hydrogens is 330 g/mol. The average Bonchev–Trinajstić information content (AvgIpc) is 2.78. The first kappa shape index (κ1) is 14.3. The van der Waals surface area contributed by atoms with Gasteiger partial charge in [-0.15, -0.1) is 11.3 Å². The Kier molecular flexibility index (Phi) is 4.29. The molecule has 2 heterocycles. The van der Waals surface area contributed by atoms with Crippen molar-refractivity contribution in [3.05, 3.63) is 55.7 Å². The fraction of sp³-hybridized carbons (Fsp3) is 0.412. The van der Waals surface area contributed by atoms with Crippen LogP contribution < -0.4 is 5.32 Å². The van der Waals surface area contributed by atoms with Gasteiger partial charge < -0.3 is 5.32 Å². The van der Waals surface area contributed by atoms with Gasteiger partial charge in [-0.3, -0.25) is 0 Å². The van der Waals surface area contributed by atoms with Gasteiger partial charge in [0.2, 0.25) is 0 Å². The van der Waals surface area contributed by atoms with Gasteiger partial charge in [0.1, 0.15) is 0 Å². The van der Waals surface area contributed by atoms with E-state index >= 15 is 0 Å². The van der Waals surface area contributed by atoms with E-state index in [-0.39, 0.29) is 0 Å². The summed E-state index contributed by atoms with van der Waals surface area (Å²) in [5.41, 5.74) is 3.02. The molecule has 0 amide bonds. The molecule has 1 aliphatic heterocycles. The van der Waals surface area contributed by atoms with E-state index in [4.69, 9.17) is 0 Å². The Morgan fingerprint density at radius 1 is 1.15 bits per heavy atom. The van der Waals surface area contributed by atoms with Gasteiger partial charge in [0, 0.05) is 26.7 Å². The molecule has 106 valence electrons. The highest BCUT2D eigenvalue weighted by Crippen LogP contribution is 2.41. The number of rotatable bonds is 2. The normalized spacial score (nSPS) is 22.9. The third-order valence-corrected chi connectivity index (χ3v) is 5.77. The van der Waals surface area contributed by atoms with Gasteiger partial charge in [-0.05, 0) is 62.1 Å². The van der Waals surface area contributed by atoms with E-state index in [1.165, 1.54) is 21.7 Å². The van der Waals surface area contributed by atoms with Crippen molar-refractivity contribution in [2.24, 2.45) is 0 Å². The van der Waals surface area contributed by atoms with E-state index in [2.05, 4.69) is 65.4 Å². The zero-order valence-corrected chi connectivity index (χ0v) is 14.4. The van der Waals surface area contributed by atoms with Gasteiger partial charge in [-0.1, -0.05) is 28.1 Å². The quantitative estimate of drug-likeness (QED) is 0.805. The summed E-state index contributed by atoms with van der Waals surface area (Å²) in [7, 11) is 0. The van der Waals surface area contributed by atoms with Crippen LogP contribution in [0, 0.1) is 13.8 Å². The van der Waals surface area contributed by atoms with E-state index in [9.17, 15) is 0 Å². The average molecular weight is 350 g/mol. The Morgan fingerprint density at radius 3 is 2.55 bits per heavy atom. The molecule has 3 heteroatoms. The second kappa shape index (κ2) is 6.00. The number of piperidine rings is 1. The molecule has 0 radical (unpaired) electrons. The third-order valence-electron chi connectivity index (χ3n) is 4.26. The molecule has 1 fully saturated rings. The predicted octanol–water partition coefficient (Wildman–Crippen LogP) is 4.99. The van der Waals surface area contributed by atoms with Crippen molar-refractivity contribution in [1.82, 2.24) is 5.32 Å². The van der Waals surface area contributed by atoms with Crippen LogP contribution in [0.15, 0.2) is 34.8 Å². The molecule has 0 bridgehead atoms. The first-order chi connectivity index (χ1) is 9.65. The molecule has 0 spiro atoms. The smallest absolute Gasteiger partial charge is 0.0175 e. The molecule has 2 atom stereocenters. The number of benzene rings is 1. The maximum absolute atomic E-state index is 3.57. The minimum Gasteiger partial charge on any atom is -0.316 e. The standard InChI is InChI=1S/C17H20BrNS/c1-11-9-16(12(2)20-11)15-7-8-19-10-17(15)13-3-5-14(18)6-4-13/h3-6,9,15,17,19H,7-8,10H2,1-2H3. The Balaban J connectivity index is 1.95. The van der Waals surface area contributed by atoms with Crippen molar-refractivity contribution < 1.29 is 0 Å². The van der Waals surface area contributed by atoms with E-state index in [0.717, 1.165) is 17.6 Å². The Morgan fingerprint density at radius 2 is 1.90 bits per heavy atom. The van der Waals surface area contributed by atoms with Gasteiger partial charge in [-0.25, -0.2) is 0 Å². The Labute approximate surface area is 133 Å². The highest BCUT2D eigenvalue weighted by Gasteiger charge is 2.29. The zero-order chi connectivity index (χ0) is 14.1. The third kappa shape index (κ3) is 2.85. The summed E-state index contributed by atoms with van der Waals surface area (Å²) in [6.45, 7) is 6.71. The molecule has 1 aliphatic rings. The molecule has 1 N–H and O–H groups in total. The van der Waals surface area contributed by atoms with Crippen LogP contribution in [0.3, 0.4) is 0 Å². The number of halogens is 1. The lowest BCUT2D eigenvalue weighted by molar-refractivity contribution is 0.404. The van der Waals surface area contributed by atoms with Crippen LogP contribution in [0.25, 0.3) is 0 Å². The summed E-state index contributed by atoms with van der Waals surface area (Å²) in [5, 5.41) is 3.57. The van der Waals surface area contributed by atoms with Crippen LogP contribution in [0.2, 0.25) is 0 Å². The molecule has 2 unspecified atom stereocenters. The highest BCUT2D eigenvalue weighted by atomic mass is 79.9. The van der Waals surface area contributed by atoms with Gasteiger partial charge in [0.25, 0.3) is 0 Å². The number of aryl methyl sites for hydroxylation is 2. The lowest BCUT2D eigenvalue weighted by Crippen LogP contribution is -2.34. The van der Waals surface area contributed by atoms with Crippen LogP contribution in [-0.2, 0) is 0 Å². The first-order valence-electron chi connectivity index (χ1n) is 7.18. The minimum absolute atomic E-state index is 0.588. The second-order valence-electron chi connectivity index (χ2n) is 5.63. The van der Waals surface area contributed by atoms with Crippen LogP contribution in [0.4, 0.5) is 0 Å². The number of thiophene rings is 1. The topological polar surface area (TPSA) is 12.0 Å². The summed E-state index contributed by atoms with van der Waals surface area (Å²) in [4.78, 5) is 2.93. The molecule has 0 aliphatic carbocycles. The lowest BCUT2D eigenvalue weighted by Gasteiger charge is -2.33. The maximum Gasteiger partial charge on any atom is 0.0175 e. The predicted molar refractivity (Wildman–Crippen MR) is 90.9 cm³/mol. The fourth-order valence-electron chi connectivity index (χ4n) is 3.31. The van der Waals surface area contributed by atoms with Gasteiger partial charge in [0.15, 0.2) is 0 Å². The fourth-order valence-corrected chi connectivity index (χ4v) is 4.57. The molecule has 2 aromatic rings. The molecule has 1 saturated heterocycles. The largest absolute Gasteiger partial charge is 0.316 e. The molecule has 3 rings (SSSR count). The van der Waals surface area contributed by atoms with E-state index in [0.29, 0.717) is 11.8 Å². The number of hydrogen-bond acceptors (Lipinski definition) is 2. The lowest BCUT2D eigenvalue weighted by atomic mass is 9.77. The molecule has 0 saturated carbocycles. The summed E-state index contributed by atoms with van der Waals surface area (Å²) in [5.74, 6) is 1.24. The number of nitrogens with one attached hydrogen (secondary N) is 1. The SMILES string of the molecule is Cc1cc(C2CCNCC2c2ccc(Br)cc2)c(C)s1. The second-order valence-corrected chi connectivity index (χ2v) is 8.00. The molecule has 1 nitrogen and oxygen atoms in total. The van der Waals surface area contributed by atoms with Crippen molar-refractivity contribution in [2.75, 3.05) is 13.1 Å². The summed E-state index contributed by atoms with van der Waals surface area (Å²) < 4.78 is 1.16. The van der Waals surface area contributed by atoms with Crippen molar-refractivity contribution in [3.63, 3.8) is 0 Å². The molecule has 20 heavy (non-hydrogen) atoms. The summed E-state index contributed by atoms with van der Waals surface area (Å²) in [6, 6.07) is 11.3. The van der Waals surface area contributed by atoms with Gasteiger partial charge >= 0.3 is 0 Å². The zero-order valence-electron chi connectivity index (χ0n) is 11.9. The Bertz CT molecular complexity index is 588. The van der Waals surface area contributed by atoms with E-state index in [1.54, 1.807) is 5.56 Å². The maximum atomic E-state index is 3.57. The molecule has 1 aromatic carbocycles. The molecular formula is C17H20BrNS. The van der Waals surface area contributed by atoms with Crippen molar-refractivity contribution in [1.29, 1.82) is 0 Å².